The van der Waals surface area contributed by atoms with E-state index in [1.807, 2.05) is 0 Å². The molecule has 0 radical (unpaired) electrons. The Bertz CT molecular complexity index is 711. The molecule has 1 aromatic rings. The molecule has 0 aromatic carbocycles. The molecule has 0 saturated heterocycles. The molecule has 2 aliphatic rings. The van der Waals surface area contributed by atoms with Gasteiger partial charge >= 0.3 is 0 Å². The number of aliphatic hydroxyl groups excluding tert-OH is 2. The third-order valence-electron chi connectivity index (χ3n) is 4.18. The third kappa shape index (κ3) is 3.14. The van der Waals surface area contributed by atoms with Crippen molar-refractivity contribution in [2.24, 2.45) is 5.92 Å². The Morgan fingerprint density at radius 3 is 2.61 bits per heavy atom. The molecule has 7 heteroatoms. The number of aliphatic hydroxyl groups is 2. The lowest BCUT2D eigenvalue weighted by Crippen LogP contribution is -2.43. The highest BCUT2D eigenvalue weighted by atomic mass is 16.3. The molecular weight excluding hydrogens is 298 g/mol. The Morgan fingerprint density at radius 2 is 1.87 bits per heavy atom. The summed E-state index contributed by atoms with van der Waals surface area (Å²) in [4.78, 5) is 24.4. The van der Waals surface area contributed by atoms with Gasteiger partial charge in [-0.25, -0.2) is 0 Å². The molecule has 1 heterocycles. The van der Waals surface area contributed by atoms with E-state index in [2.05, 4.69) is 15.5 Å². The largest absolute Gasteiger partial charge is 0.504 e. The molecule has 0 amide bonds. The van der Waals surface area contributed by atoms with Crippen LogP contribution in [0.15, 0.2) is 36.1 Å². The molecule has 120 valence electrons. The van der Waals surface area contributed by atoms with Crippen molar-refractivity contribution in [1.29, 1.82) is 0 Å². The Labute approximate surface area is 132 Å². The molecule has 2 unspecified atom stereocenters. The molecule has 23 heavy (non-hydrogen) atoms. The number of nitrogens with zero attached hydrogens (tertiary/aromatic N) is 2. The minimum atomic E-state index is -0.552. The number of nitrogens with one attached hydrogen (secondary N) is 1. The normalized spacial score (nSPS) is 24.0. The van der Waals surface area contributed by atoms with Crippen LogP contribution in [0.3, 0.4) is 0 Å². The van der Waals surface area contributed by atoms with Crippen molar-refractivity contribution in [3.8, 4) is 0 Å². The molecular formula is C16H17N3O4. The highest BCUT2D eigenvalue weighted by molar-refractivity contribution is 6.16. The monoisotopic (exact) mass is 315 g/mol. The molecule has 7 nitrogen and oxygen atoms in total. The zero-order valence-electron chi connectivity index (χ0n) is 12.4. The highest BCUT2D eigenvalue weighted by Gasteiger charge is 2.32. The van der Waals surface area contributed by atoms with E-state index < -0.39 is 6.04 Å². The number of allylic oxidation sites excluding steroid dienone is 2. The van der Waals surface area contributed by atoms with Crippen molar-refractivity contribution < 1.29 is 19.8 Å². The predicted molar refractivity (Wildman–Crippen MR) is 81.2 cm³/mol. The van der Waals surface area contributed by atoms with Crippen molar-refractivity contribution in [2.75, 3.05) is 6.54 Å². The maximum atomic E-state index is 12.4. The van der Waals surface area contributed by atoms with Gasteiger partial charge in [0.2, 0.25) is 0 Å². The number of carbonyl (C=O) groups excluding carboxylic acids is 2. The number of rotatable bonds is 4. The van der Waals surface area contributed by atoms with Crippen LogP contribution in [0.1, 0.15) is 40.0 Å². The maximum Gasteiger partial charge on any atom is 0.182 e. The second-order valence-corrected chi connectivity index (χ2v) is 5.74. The van der Waals surface area contributed by atoms with Crippen molar-refractivity contribution in [3.05, 3.63) is 47.2 Å². The summed E-state index contributed by atoms with van der Waals surface area (Å²) in [6.45, 7) is 0.528. The van der Waals surface area contributed by atoms with Crippen LogP contribution in [0.2, 0.25) is 0 Å². The van der Waals surface area contributed by atoms with Gasteiger partial charge in [-0.15, -0.1) is 0 Å². The van der Waals surface area contributed by atoms with E-state index in [0.717, 1.165) is 0 Å². The average molecular weight is 315 g/mol. The summed E-state index contributed by atoms with van der Waals surface area (Å²) in [6, 6.07) is -0.552. The summed E-state index contributed by atoms with van der Waals surface area (Å²) in [5, 5.41) is 29.2. The van der Waals surface area contributed by atoms with Crippen LogP contribution in [-0.4, -0.2) is 44.6 Å². The number of carbonyl (C=O) groups is 2. The second-order valence-electron chi connectivity index (χ2n) is 5.74. The summed E-state index contributed by atoms with van der Waals surface area (Å²) >= 11 is 0. The zero-order valence-corrected chi connectivity index (χ0v) is 12.4. The number of Topliss-reactive ketones (excluding diaryl/α,β-unsaturated/α-hetero) is 2. The highest BCUT2D eigenvalue weighted by Crippen LogP contribution is 2.23. The predicted octanol–water partition coefficient (Wildman–Crippen LogP) is 1.50. The van der Waals surface area contributed by atoms with Gasteiger partial charge in [-0.3, -0.25) is 9.59 Å². The van der Waals surface area contributed by atoms with E-state index in [0.29, 0.717) is 30.5 Å². The summed E-state index contributed by atoms with van der Waals surface area (Å²) < 4.78 is 0. The Kier molecular flexibility index (Phi) is 4.20. The number of ketones is 2. The van der Waals surface area contributed by atoms with Crippen molar-refractivity contribution in [2.45, 2.75) is 25.3 Å². The molecule has 3 rings (SSSR count). The van der Waals surface area contributed by atoms with E-state index >= 15 is 0 Å². The van der Waals surface area contributed by atoms with Gasteiger partial charge in [-0.2, -0.15) is 10.2 Å². The van der Waals surface area contributed by atoms with Gasteiger partial charge in [0, 0.05) is 6.42 Å². The fourth-order valence-corrected chi connectivity index (χ4v) is 2.87. The van der Waals surface area contributed by atoms with Gasteiger partial charge in [-0.05, 0) is 37.5 Å². The van der Waals surface area contributed by atoms with E-state index in [4.69, 9.17) is 0 Å². The quantitative estimate of drug-likeness (QED) is 0.771. The standard InChI is InChI=1S/C16H17N3O4/c20-13-2-1-9(5-15(13)22)3-4-17-12-6-14(21)10-7-18-19-8-11(10)16(12)23/h2,5,7-9,12,17,20,22H,1,3-4,6H2. The molecule has 3 N–H and O–H groups in total. The van der Waals surface area contributed by atoms with Gasteiger partial charge in [0.15, 0.2) is 23.1 Å². The van der Waals surface area contributed by atoms with Gasteiger partial charge in [0.25, 0.3) is 0 Å². The Hall–Kier alpha value is -2.54. The molecule has 1 aromatic heterocycles. The van der Waals surface area contributed by atoms with Crippen molar-refractivity contribution in [3.63, 3.8) is 0 Å². The van der Waals surface area contributed by atoms with Gasteiger partial charge in [-0.1, -0.05) is 0 Å². The Morgan fingerprint density at radius 1 is 1.13 bits per heavy atom. The molecule has 0 aliphatic heterocycles. The third-order valence-corrected chi connectivity index (χ3v) is 4.18. The Balaban J connectivity index is 1.58. The van der Waals surface area contributed by atoms with Crippen LogP contribution in [0, 0.1) is 5.92 Å². The van der Waals surface area contributed by atoms with Crippen molar-refractivity contribution in [1.82, 2.24) is 15.5 Å². The number of hydrogen-bond donors (Lipinski definition) is 3. The van der Waals surface area contributed by atoms with Crippen LogP contribution in [0.25, 0.3) is 0 Å². The van der Waals surface area contributed by atoms with Crippen molar-refractivity contribution >= 4 is 11.6 Å². The molecule has 0 bridgehead atoms. The van der Waals surface area contributed by atoms with E-state index in [-0.39, 0.29) is 35.4 Å². The topological polar surface area (TPSA) is 112 Å². The number of hydrogen-bond acceptors (Lipinski definition) is 7. The average Bonchev–Trinajstić information content (AvgIpc) is 2.55. The first-order valence-electron chi connectivity index (χ1n) is 7.48. The molecule has 2 aliphatic carbocycles. The van der Waals surface area contributed by atoms with Crippen LogP contribution in [0.5, 0.6) is 0 Å². The lowest BCUT2D eigenvalue weighted by Gasteiger charge is -2.23. The van der Waals surface area contributed by atoms with Crippen LogP contribution in [-0.2, 0) is 0 Å². The summed E-state index contributed by atoms with van der Waals surface area (Å²) in [5.41, 5.74) is 0.653. The first kappa shape index (κ1) is 15.4. The van der Waals surface area contributed by atoms with Crippen LogP contribution < -0.4 is 5.32 Å². The first-order valence-corrected chi connectivity index (χ1v) is 7.48. The van der Waals surface area contributed by atoms with E-state index in [9.17, 15) is 19.8 Å². The molecule has 0 saturated carbocycles. The van der Waals surface area contributed by atoms with Gasteiger partial charge in [0.1, 0.15) is 0 Å². The minimum absolute atomic E-state index is 0.0888. The second kappa shape index (κ2) is 6.29. The lowest BCUT2D eigenvalue weighted by atomic mass is 9.88. The first-order chi connectivity index (χ1) is 11.1. The van der Waals surface area contributed by atoms with Crippen LogP contribution in [0.4, 0.5) is 0 Å². The summed E-state index contributed by atoms with van der Waals surface area (Å²) in [6.07, 6.45) is 7.28. The van der Waals surface area contributed by atoms with Gasteiger partial charge in [0.05, 0.1) is 29.6 Å². The van der Waals surface area contributed by atoms with E-state index in [1.165, 1.54) is 12.4 Å². The summed E-state index contributed by atoms with van der Waals surface area (Å²) in [7, 11) is 0. The zero-order chi connectivity index (χ0) is 16.4. The maximum absolute atomic E-state index is 12.4. The smallest absolute Gasteiger partial charge is 0.182 e. The van der Waals surface area contributed by atoms with Gasteiger partial charge < -0.3 is 15.5 Å². The minimum Gasteiger partial charge on any atom is -0.504 e. The SMILES string of the molecule is O=C1CC(NCCC2C=C(O)C(O)=CC2)C(=O)c2cnncc21. The fourth-order valence-electron chi connectivity index (χ4n) is 2.87. The lowest BCUT2D eigenvalue weighted by molar-refractivity contribution is 0.0847. The molecule has 0 fully saturated rings. The van der Waals surface area contributed by atoms with E-state index in [1.54, 1.807) is 12.2 Å². The number of fused-ring (bicyclic) bond motifs is 1. The number of aromatic nitrogens is 2. The molecule has 2 atom stereocenters. The summed E-state index contributed by atoms with van der Waals surface area (Å²) in [5.74, 6) is -0.382. The molecule has 0 spiro atoms. The van der Waals surface area contributed by atoms with Crippen LogP contribution >= 0.6 is 0 Å². The fraction of sp³-hybridized carbons (Fsp3) is 0.375.